The number of carbonyl (C=O) groups excluding carboxylic acids is 1. The molecule has 0 atom stereocenters. The molecule has 0 saturated carbocycles. The highest BCUT2D eigenvalue weighted by Gasteiger charge is 2.30. The number of halogens is 3. The van der Waals surface area contributed by atoms with E-state index >= 15 is 0 Å². The fraction of sp³-hybridized carbons (Fsp3) is 0.280. The quantitative estimate of drug-likeness (QED) is 0.463. The summed E-state index contributed by atoms with van der Waals surface area (Å²) in [5, 5.41) is 3.70. The molecule has 3 rings (SSSR count). The molecule has 0 spiro atoms. The monoisotopic (exact) mass is 472 g/mol. The van der Waals surface area contributed by atoms with Gasteiger partial charge in [-0.1, -0.05) is 12.1 Å². The van der Waals surface area contributed by atoms with E-state index in [0.717, 1.165) is 35.4 Å². The average molecular weight is 473 g/mol. The smallest absolute Gasteiger partial charge is 0.406 e. The van der Waals surface area contributed by atoms with E-state index in [2.05, 4.69) is 19.9 Å². The van der Waals surface area contributed by atoms with Crippen molar-refractivity contribution in [1.29, 1.82) is 0 Å². The van der Waals surface area contributed by atoms with Crippen molar-refractivity contribution in [2.45, 2.75) is 13.3 Å². The van der Waals surface area contributed by atoms with Crippen LogP contribution in [0.2, 0.25) is 0 Å². The van der Waals surface area contributed by atoms with Gasteiger partial charge in [-0.2, -0.15) is 0 Å². The molecule has 1 amide bonds. The number of fused-ring (bicyclic) bond motifs is 1. The molecule has 0 radical (unpaired) electrons. The van der Waals surface area contributed by atoms with Crippen LogP contribution in [0.4, 0.5) is 24.7 Å². The number of likely N-dealkylation sites (N-methyl/N-ethyl adjacent to an activating group) is 2. The van der Waals surface area contributed by atoms with Crippen LogP contribution in [-0.2, 0) is 4.79 Å². The van der Waals surface area contributed by atoms with Crippen molar-refractivity contribution in [1.82, 2.24) is 9.88 Å². The molecule has 1 heterocycles. The van der Waals surface area contributed by atoms with Crippen molar-refractivity contribution in [3.05, 3.63) is 65.7 Å². The summed E-state index contributed by atoms with van der Waals surface area (Å²) >= 11 is 0. The largest absolute Gasteiger partial charge is 0.573 e. The van der Waals surface area contributed by atoms with Crippen LogP contribution in [-0.4, -0.2) is 56.4 Å². The van der Waals surface area contributed by atoms with Gasteiger partial charge < -0.3 is 19.9 Å². The molecule has 2 aromatic carbocycles. The predicted octanol–water partition coefficient (Wildman–Crippen LogP) is 5.09. The highest BCUT2D eigenvalue weighted by atomic mass is 19.4. The van der Waals surface area contributed by atoms with Gasteiger partial charge in [-0.25, -0.2) is 4.98 Å². The molecule has 34 heavy (non-hydrogen) atoms. The van der Waals surface area contributed by atoms with Crippen molar-refractivity contribution in [2.75, 3.05) is 44.4 Å². The van der Waals surface area contributed by atoms with Crippen LogP contribution in [0.3, 0.4) is 0 Å². The zero-order chi connectivity index (χ0) is 24.9. The van der Waals surface area contributed by atoms with E-state index in [-0.39, 0.29) is 11.7 Å². The Hall–Kier alpha value is -3.59. The number of rotatable bonds is 8. The first kappa shape index (κ1) is 25.0. The molecule has 0 unspecified atom stereocenters. The number of amides is 1. The van der Waals surface area contributed by atoms with Crippen LogP contribution < -0.4 is 15.0 Å². The van der Waals surface area contributed by atoms with Gasteiger partial charge in [0.15, 0.2) is 0 Å². The molecule has 0 saturated heterocycles. The van der Waals surface area contributed by atoms with E-state index in [1.165, 1.54) is 36.4 Å². The SMILES string of the molecule is Cc1cc2cc(NC(=O)/C=C\c3ccc(OC(F)(F)F)cc3)ccc2nc1N(C)CCN(C)C. The van der Waals surface area contributed by atoms with Gasteiger partial charge in [-0.05, 0) is 74.6 Å². The van der Waals surface area contributed by atoms with Crippen molar-refractivity contribution in [3.63, 3.8) is 0 Å². The Morgan fingerprint density at radius 2 is 1.76 bits per heavy atom. The lowest BCUT2D eigenvalue weighted by molar-refractivity contribution is -0.274. The van der Waals surface area contributed by atoms with Gasteiger partial charge in [0.25, 0.3) is 0 Å². The average Bonchev–Trinajstić information content (AvgIpc) is 2.75. The zero-order valence-electron chi connectivity index (χ0n) is 19.5. The Morgan fingerprint density at radius 3 is 2.41 bits per heavy atom. The third-order valence-electron chi connectivity index (χ3n) is 5.03. The summed E-state index contributed by atoms with van der Waals surface area (Å²) in [7, 11) is 6.08. The second-order valence-corrected chi connectivity index (χ2v) is 8.20. The Bertz CT molecular complexity index is 1180. The van der Waals surface area contributed by atoms with Crippen LogP contribution in [0.15, 0.2) is 54.6 Å². The van der Waals surface area contributed by atoms with Crippen LogP contribution in [0.5, 0.6) is 5.75 Å². The number of hydrogen-bond acceptors (Lipinski definition) is 5. The lowest BCUT2D eigenvalue weighted by Gasteiger charge is -2.22. The highest BCUT2D eigenvalue weighted by Crippen LogP contribution is 2.25. The second-order valence-electron chi connectivity index (χ2n) is 8.20. The minimum Gasteiger partial charge on any atom is -0.406 e. The van der Waals surface area contributed by atoms with Crippen LogP contribution in [0.1, 0.15) is 11.1 Å². The van der Waals surface area contributed by atoms with E-state index in [1.807, 2.05) is 46.3 Å². The number of nitrogens with zero attached hydrogens (tertiary/aromatic N) is 3. The third-order valence-corrected chi connectivity index (χ3v) is 5.03. The lowest BCUT2D eigenvalue weighted by atomic mass is 10.1. The number of hydrogen-bond donors (Lipinski definition) is 1. The summed E-state index contributed by atoms with van der Waals surface area (Å²) in [6, 6.07) is 12.8. The summed E-state index contributed by atoms with van der Waals surface area (Å²) < 4.78 is 40.5. The first-order chi connectivity index (χ1) is 16.0. The molecule has 0 aliphatic heterocycles. The molecular formula is C25H27F3N4O2. The first-order valence-corrected chi connectivity index (χ1v) is 10.6. The van der Waals surface area contributed by atoms with Crippen LogP contribution >= 0.6 is 0 Å². The third kappa shape index (κ3) is 7.21. The summed E-state index contributed by atoms with van der Waals surface area (Å²) in [6.07, 6.45) is -1.92. The van der Waals surface area contributed by atoms with Crippen molar-refractivity contribution >= 4 is 34.4 Å². The molecule has 6 nitrogen and oxygen atoms in total. The maximum Gasteiger partial charge on any atom is 0.573 e. The van der Waals surface area contributed by atoms with E-state index in [4.69, 9.17) is 4.98 Å². The normalized spacial score (nSPS) is 11.9. The van der Waals surface area contributed by atoms with Gasteiger partial charge >= 0.3 is 6.36 Å². The molecule has 0 aliphatic rings. The molecule has 1 aromatic heterocycles. The number of nitrogens with one attached hydrogen (secondary N) is 1. The predicted molar refractivity (Wildman–Crippen MR) is 129 cm³/mol. The number of aromatic nitrogens is 1. The maximum absolute atomic E-state index is 12.3. The summed E-state index contributed by atoms with van der Waals surface area (Å²) in [6.45, 7) is 3.78. The molecule has 0 aliphatic carbocycles. The number of ether oxygens (including phenoxy) is 1. The van der Waals surface area contributed by atoms with Crippen LogP contribution in [0.25, 0.3) is 17.0 Å². The Labute approximate surface area is 196 Å². The standard InChI is InChI=1S/C25H27F3N4O2/c1-17-15-19-16-20(8-11-22(19)30-24(17)32(4)14-13-31(2)3)29-23(33)12-7-18-5-9-21(10-6-18)34-25(26,27)28/h5-12,15-16H,13-14H2,1-4H3,(H,29,33)/b12-7-. The number of benzene rings is 2. The Balaban J connectivity index is 1.66. The molecular weight excluding hydrogens is 445 g/mol. The van der Waals surface area contributed by atoms with E-state index in [1.54, 1.807) is 6.07 Å². The van der Waals surface area contributed by atoms with Gasteiger partial charge in [-0.15, -0.1) is 13.2 Å². The molecule has 9 heteroatoms. The first-order valence-electron chi connectivity index (χ1n) is 10.6. The molecule has 180 valence electrons. The number of carbonyl (C=O) groups is 1. The maximum atomic E-state index is 12.3. The summed E-state index contributed by atoms with van der Waals surface area (Å²) in [5.41, 5.74) is 3.04. The zero-order valence-corrected chi connectivity index (χ0v) is 19.5. The van der Waals surface area contributed by atoms with E-state index in [9.17, 15) is 18.0 Å². The van der Waals surface area contributed by atoms with Gasteiger partial charge in [-0.3, -0.25) is 4.79 Å². The summed E-state index contributed by atoms with van der Waals surface area (Å²) in [5.74, 6) is 0.238. The fourth-order valence-electron chi connectivity index (χ4n) is 3.33. The Morgan fingerprint density at radius 1 is 1.06 bits per heavy atom. The van der Waals surface area contributed by atoms with Crippen molar-refractivity contribution in [3.8, 4) is 5.75 Å². The number of aryl methyl sites for hydroxylation is 1. The minimum atomic E-state index is -4.74. The van der Waals surface area contributed by atoms with Gasteiger partial charge in [0.1, 0.15) is 11.6 Å². The molecule has 0 fully saturated rings. The second kappa shape index (κ2) is 10.6. The van der Waals surface area contributed by atoms with Gasteiger partial charge in [0.05, 0.1) is 5.52 Å². The topological polar surface area (TPSA) is 57.7 Å². The van der Waals surface area contributed by atoms with E-state index < -0.39 is 6.36 Å². The molecule has 3 aromatic rings. The summed E-state index contributed by atoms with van der Waals surface area (Å²) in [4.78, 5) is 21.3. The van der Waals surface area contributed by atoms with Crippen molar-refractivity contribution < 1.29 is 22.7 Å². The highest BCUT2D eigenvalue weighted by molar-refractivity contribution is 6.03. The lowest BCUT2D eigenvalue weighted by Crippen LogP contribution is -2.29. The van der Waals surface area contributed by atoms with Crippen LogP contribution in [0, 0.1) is 6.92 Å². The number of pyridine rings is 1. The van der Waals surface area contributed by atoms with Gasteiger partial charge in [0, 0.05) is 37.3 Å². The molecule has 1 N–H and O–H groups in total. The minimum absolute atomic E-state index is 0.318. The van der Waals surface area contributed by atoms with Gasteiger partial charge in [0.2, 0.25) is 5.91 Å². The van der Waals surface area contributed by atoms with Crippen molar-refractivity contribution in [2.24, 2.45) is 0 Å². The molecule has 0 bridgehead atoms. The number of alkyl halides is 3. The van der Waals surface area contributed by atoms with E-state index in [0.29, 0.717) is 11.3 Å². The Kier molecular flexibility index (Phi) is 7.78. The fourth-order valence-corrected chi connectivity index (χ4v) is 3.33. The number of anilines is 2.